The van der Waals surface area contributed by atoms with Crippen LogP contribution in [-0.4, -0.2) is 39.8 Å². The summed E-state index contributed by atoms with van der Waals surface area (Å²) in [6.07, 6.45) is 7.11. The summed E-state index contributed by atoms with van der Waals surface area (Å²) in [5.74, 6) is 0.482. The SMILES string of the molecule is O=C(CCN1C(=O)COc2ccccc21)N(Cc1ccncc1)Cc1cccnc1. The van der Waals surface area contributed by atoms with E-state index in [0.717, 1.165) is 11.1 Å². The zero-order valence-corrected chi connectivity index (χ0v) is 16.5. The van der Waals surface area contributed by atoms with Gasteiger partial charge in [0.25, 0.3) is 5.91 Å². The topological polar surface area (TPSA) is 75.6 Å². The Balaban J connectivity index is 1.48. The van der Waals surface area contributed by atoms with Gasteiger partial charge in [0.1, 0.15) is 5.75 Å². The molecule has 0 spiro atoms. The Morgan fingerprint density at radius 2 is 1.77 bits per heavy atom. The highest BCUT2D eigenvalue weighted by molar-refractivity contribution is 5.98. The molecule has 1 aromatic carbocycles. The number of carbonyl (C=O) groups is 2. The lowest BCUT2D eigenvalue weighted by Gasteiger charge is -2.30. The number of nitrogens with zero attached hydrogens (tertiary/aromatic N) is 4. The minimum atomic E-state index is -0.144. The molecule has 1 aliphatic heterocycles. The van der Waals surface area contributed by atoms with Gasteiger partial charge in [-0.2, -0.15) is 0 Å². The van der Waals surface area contributed by atoms with Crippen LogP contribution in [0.2, 0.25) is 0 Å². The second-order valence-electron chi connectivity index (χ2n) is 7.02. The molecule has 152 valence electrons. The van der Waals surface area contributed by atoms with Gasteiger partial charge in [0.15, 0.2) is 6.61 Å². The molecule has 3 heterocycles. The summed E-state index contributed by atoms with van der Waals surface area (Å²) in [7, 11) is 0. The smallest absolute Gasteiger partial charge is 0.265 e. The molecule has 3 aromatic rings. The van der Waals surface area contributed by atoms with E-state index in [1.54, 1.807) is 34.6 Å². The van der Waals surface area contributed by atoms with Crippen molar-refractivity contribution < 1.29 is 14.3 Å². The molecule has 0 saturated heterocycles. The number of hydrogen-bond acceptors (Lipinski definition) is 5. The van der Waals surface area contributed by atoms with Crippen molar-refractivity contribution in [1.29, 1.82) is 0 Å². The average Bonchev–Trinajstić information content (AvgIpc) is 2.79. The van der Waals surface area contributed by atoms with Crippen molar-refractivity contribution in [3.8, 4) is 5.75 Å². The van der Waals surface area contributed by atoms with Gasteiger partial charge in [0.05, 0.1) is 5.69 Å². The van der Waals surface area contributed by atoms with Crippen LogP contribution in [0.1, 0.15) is 17.5 Å². The van der Waals surface area contributed by atoms with Crippen molar-refractivity contribution in [2.75, 3.05) is 18.1 Å². The number of amides is 2. The number of anilines is 1. The Morgan fingerprint density at radius 3 is 2.57 bits per heavy atom. The van der Waals surface area contributed by atoms with Crippen molar-refractivity contribution in [3.63, 3.8) is 0 Å². The number of benzene rings is 1. The number of ether oxygens (including phenoxy) is 1. The van der Waals surface area contributed by atoms with Gasteiger partial charge in [-0.25, -0.2) is 0 Å². The van der Waals surface area contributed by atoms with Crippen LogP contribution >= 0.6 is 0 Å². The quantitative estimate of drug-likeness (QED) is 0.607. The summed E-state index contributed by atoms with van der Waals surface area (Å²) in [6, 6.07) is 15.0. The maximum absolute atomic E-state index is 13.1. The minimum Gasteiger partial charge on any atom is -0.482 e. The number of para-hydroxylation sites is 2. The third kappa shape index (κ3) is 4.63. The van der Waals surface area contributed by atoms with Gasteiger partial charge in [0.2, 0.25) is 5.91 Å². The molecular weight excluding hydrogens is 380 g/mol. The predicted octanol–water partition coefficient (Wildman–Crippen LogP) is 2.82. The highest BCUT2D eigenvalue weighted by atomic mass is 16.5. The largest absolute Gasteiger partial charge is 0.482 e. The van der Waals surface area contributed by atoms with E-state index >= 15 is 0 Å². The molecule has 7 heteroatoms. The Hall–Kier alpha value is -3.74. The van der Waals surface area contributed by atoms with Gasteiger partial charge in [-0.05, 0) is 41.5 Å². The van der Waals surface area contributed by atoms with Crippen LogP contribution < -0.4 is 9.64 Å². The molecule has 7 nitrogen and oxygen atoms in total. The van der Waals surface area contributed by atoms with Gasteiger partial charge in [-0.3, -0.25) is 19.6 Å². The Morgan fingerprint density at radius 1 is 0.967 bits per heavy atom. The summed E-state index contributed by atoms with van der Waals surface area (Å²) >= 11 is 0. The Kier molecular flexibility index (Phi) is 5.98. The van der Waals surface area contributed by atoms with Crippen molar-refractivity contribution in [1.82, 2.24) is 14.9 Å². The lowest BCUT2D eigenvalue weighted by atomic mass is 10.2. The van der Waals surface area contributed by atoms with Gasteiger partial charge in [-0.15, -0.1) is 0 Å². The van der Waals surface area contributed by atoms with E-state index in [1.165, 1.54) is 0 Å². The lowest BCUT2D eigenvalue weighted by molar-refractivity contribution is -0.132. The van der Waals surface area contributed by atoms with E-state index in [2.05, 4.69) is 9.97 Å². The summed E-state index contributed by atoms with van der Waals surface area (Å²) in [5.41, 5.74) is 2.65. The average molecular weight is 402 g/mol. The second kappa shape index (κ2) is 9.17. The van der Waals surface area contributed by atoms with Crippen LogP contribution in [0.3, 0.4) is 0 Å². The molecular formula is C23H22N4O3. The first-order valence-corrected chi connectivity index (χ1v) is 9.78. The fourth-order valence-electron chi connectivity index (χ4n) is 3.42. The highest BCUT2D eigenvalue weighted by Crippen LogP contribution is 2.31. The molecule has 0 N–H and O–H groups in total. The van der Waals surface area contributed by atoms with Crippen LogP contribution in [0, 0.1) is 0 Å². The Labute approximate surface area is 174 Å². The fourth-order valence-corrected chi connectivity index (χ4v) is 3.42. The van der Waals surface area contributed by atoms with E-state index in [9.17, 15) is 9.59 Å². The molecule has 0 unspecified atom stereocenters. The summed E-state index contributed by atoms with van der Waals surface area (Å²) < 4.78 is 5.48. The third-order valence-electron chi connectivity index (χ3n) is 4.93. The van der Waals surface area contributed by atoms with E-state index in [-0.39, 0.29) is 24.8 Å². The number of rotatable bonds is 7. The molecule has 0 saturated carbocycles. The second-order valence-corrected chi connectivity index (χ2v) is 7.02. The van der Waals surface area contributed by atoms with Crippen LogP contribution in [0.15, 0.2) is 73.3 Å². The summed E-state index contributed by atoms with van der Waals surface area (Å²) in [4.78, 5) is 37.1. The van der Waals surface area contributed by atoms with Crippen LogP contribution in [0.5, 0.6) is 5.75 Å². The molecule has 2 aromatic heterocycles. The normalized spacial score (nSPS) is 12.8. The first-order chi connectivity index (χ1) is 14.7. The summed E-state index contributed by atoms with van der Waals surface area (Å²) in [5, 5.41) is 0. The zero-order valence-electron chi connectivity index (χ0n) is 16.5. The summed E-state index contributed by atoms with van der Waals surface area (Å²) in [6.45, 7) is 1.20. The molecule has 0 fully saturated rings. The zero-order chi connectivity index (χ0) is 20.8. The number of aromatic nitrogens is 2. The lowest BCUT2D eigenvalue weighted by Crippen LogP contribution is -2.41. The molecule has 4 rings (SSSR count). The predicted molar refractivity (Wildman–Crippen MR) is 112 cm³/mol. The van der Waals surface area contributed by atoms with Crippen LogP contribution in [0.25, 0.3) is 0 Å². The van der Waals surface area contributed by atoms with Crippen molar-refractivity contribution in [2.24, 2.45) is 0 Å². The molecule has 0 atom stereocenters. The number of pyridine rings is 2. The van der Waals surface area contributed by atoms with Crippen molar-refractivity contribution in [2.45, 2.75) is 19.5 Å². The van der Waals surface area contributed by atoms with Crippen molar-refractivity contribution >= 4 is 17.5 Å². The van der Waals surface area contributed by atoms with Gasteiger partial charge < -0.3 is 14.5 Å². The van der Waals surface area contributed by atoms with Crippen molar-refractivity contribution in [3.05, 3.63) is 84.4 Å². The molecule has 0 aliphatic carbocycles. The van der Waals surface area contributed by atoms with E-state index < -0.39 is 0 Å². The monoisotopic (exact) mass is 402 g/mol. The van der Waals surface area contributed by atoms with Gasteiger partial charge in [-0.1, -0.05) is 18.2 Å². The van der Waals surface area contributed by atoms with Gasteiger partial charge >= 0.3 is 0 Å². The van der Waals surface area contributed by atoms with Crippen LogP contribution in [0.4, 0.5) is 5.69 Å². The number of hydrogen-bond donors (Lipinski definition) is 0. The maximum Gasteiger partial charge on any atom is 0.265 e. The number of carbonyl (C=O) groups excluding carboxylic acids is 2. The molecule has 0 bridgehead atoms. The highest BCUT2D eigenvalue weighted by Gasteiger charge is 2.26. The van der Waals surface area contributed by atoms with Crippen LogP contribution in [-0.2, 0) is 22.7 Å². The molecule has 0 radical (unpaired) electrons. The minimum absolute atomic E-state index is 0.0123. The Bertz CT molecular complexity index is 970. The van der Waals surface area contributed by atoms with E-state index in [1.807, 2.05) is 48.5 Å². The van der Waals surface area contributed by atoms with Gasteiger partial charge in [0, 0.05) is 50.8 Å². The first-order valence-electron chi connectivity index (χ1n) is 9.78. The maximum atomic E-state index is 13.1. The standard InChI is InChI=1S/C23H22N4O3/c28-22(9-13-27-20-5-1-2-6-21(20)30-17-23(27)29)26(15-18-7-11-24-12-8-18)16-19-4-3-10-25-14-19/h1-8,10-12,14H,9,13,15-17H2. The molecule has 30 heavy (non-hydrogen) atoms. The molecule has 2 amide bonds. The third-order valence-corrected chi connectivity index (χ3v) is 4.93. The van der Waals surface area contributed by atoms with E-state index in [4.69, 9.17) is 4.74 Å². The number of fused-ring (bicyclic) bond motifs is 1. The van der Waals surface area contributed by atoms with E-state index in [0.29, 0.717) is 31.1 Å². The fraction of sp³-hybridized carbons (Fsp3) is 0.217. The first kappa shape index (κ1) is 19.6. The molecule has 1 aliphatic rings.